The van der Waals surface area contributed by atoms with Crippen LogP contribution in [0.5, 0.6) is 0 Å². The molecule has 0 radical (unpaired) electrons. The summed E-state index contributed by atoms with van der Waals surface area (Å²) in [6.07, 6.45) is 5.16. The third-order valence-electron chi connectivity index (χ3n) is 3.35. The van der Waals surface area contributed by atoms with Crippen molar-refractivity contribution in [2.45, 2.75) is 32.6 Å². The van der Waals surface area contributed by atoms with Crippen LogP contribution in [0.15, 0.2) is 35.3 Å². The van der Waals surface area contributed by atoms with Gasteiger partial charge in [0.25, 0.3) is 0 Å². The van der Waals surface area contributed by atoms with Crippen molar-refractivity contribution in [1.82, 2.24) is 4.98 Å². The van der Waals surface area contributed by atoms with Gasteiger partial charge >= 0.3 is 0 Å². The first-order chi connectivity index (χ1) is 9.63. The number of halogens is 2. The summed E-state index contributed by atoms with van der Waals surface area (Å²) in [4.78, 5) is 15.3. The Kier molecular flexibility index (Phi) is 5.27. The number of pyridine rings is 1. The van der Waals surface area contributed by atoms with Gasteiger partial charge in [-0.3, -0.25) is 4.79 Å². The smallest absolute Gasteiger partial charge is 0.185 e. The van der Waals surface area contributed by atoms with Gasteiger partial charge in [0, 0.05) is 40.0 Å². The molecule has 0 saturated heterocycles. The Balaban J connectivity index is 2.40. The zero-order valence-corrected chi connectivity index (χ0v) is 12.9. The molecule has 0 saturated carbocycles. The van der Waals surface area contributed by atoms with E-state index in [4.69, 9.17) is 23.2 Å². The molecular formula is C16H17Cl2NO. The predicted molar refractivity (Wildman–Crippen MR) is 84.9 cm³/mol. The van der Waals surface area contributed by atoms with Gasteiger partial charge in [-0.2, -0.15) is 0 Å². The van der Waals surface area contributed by atoms with Gasteiger partial charge in [-0.15, -0.1) is 0 Å². The molecular weight excluding hydrogens is 293 g/mol. The fourth-order valence-electron chi connectivity index (χ4n) is 2.20. The van der Waals surface area contributed by atoms with Gasteiger partial charge in [-0.05, 0) is 30.5 Å². The average Bonchev–Trinajstić information content (AvgIpc) is 2.42. The fourth-order valence-corrected chi connectivity index (χ4v) is 2.73. The van der Waals surface area contributed by atoms with Gasteiger partial charge in [0.2, 0.25) is 0 Å². The maximum Gasteiger partial charge on any atom is 0.185 e. The molecule has 2 aromatic rings. The maximum atomic E-state index is 12.1. The molecule has 106 valence electrons. The lowest BCUT2D eigenvalue weighted by Crippen LogP contribution is -2.14. The number of hydrogen-bond acceptors (Lipinski definition) is 1. The molecule has 20 heavy (non-hydrogen) atoms. The van der Waals surface area contributed by atoms with E-state index in [2.05, 4.69) is 11.9 Å². The third kappa shape index (κ3) is 3.44. The van der Waals surface area contributed by atoms with Crippen LogP contribution in [0.2, 0.25) is 10.0 Å². The normalized spacial score (nSPS) is 10.8. The van der Waals surface area contributed by atoms with Crippen molar-refractivity contribution in [2.75, 3.05) is 0 Å². The van der Waals surface area contributed by atoms with E-state index in [0.717, 1.165) is 36.1 Å². The van der Waals surface area contributed by atoms with Crippen LogP contribution in [-0.4, -0.2) is 4.98 Å². The zero-order chi connectivity index (χ0) is 14.5. The minimum absolute atomic E-state index is 0.0332. The van der Waals surface area contributed by atoms with E-state index in [1.165, 1.54) is 0 Å². The second kappa shape index (κ2) is 6.96. The quantitative estimate of drug-likeness (QED) is 0.859. The molecule has 4 heteroatoms. The Bertz CT molecular complexity index is 629. The number of unbranched alkanes of at least 4 members (excludes halogenated alkanes) is 1. The molecule has 2 nitrogen and oxygen atoms in total. The minimum Gasteiger partial charge on any atom is -0.365 e. The third-order valence-corrected chi connectivity index (χ3v) is 4.06. The lowest BCUT2D eigenvalue weighted by molar-refractivity contribution is 0.766. The predicted octanol–water partition coefficient (Wildman–Crippen LogP) is 4.62. The summed E-state index contributed by atoms with van der Waals surface area (Å²) < 4.78 is 0. The van der Waals surface area contributed by atoms with Gasteiger partial charge in [0.15, 0.2) is 5.43 Å². The average molecular weight is 310 g/mol. The number of aromatic amines is 1. The van der Waals surface area contributed by atoms with Crippen LogP contribution < -0.4 is 5.43 Å². The van der Waals surface area contributed by atoms with Crippen molar-refractivity contribution in [3.8, 4) is 0 Å². The van der Waals surface area contributed by atoms with Gasteiger partial charge in [0.1, 0.15) is 0 Å². The summed E-state index contributed by atoms with van der Waals surface area (Å²) in [5.41, 5.74) is 2.59. The Morgan fingerprint density at radius 1 is 1.10 bits per heavy atom. The highest BCUT2D eigenvalue weighted by molar-refractivity contribution is 6.36. The van der Waals surface area contributed by atoms with E-state index in [1.54, 1.807) is 30.5 Å². The van der Waals surface area contributed by atoms with Crippen LogP contribution in [0, 0.1) is 0 Å². The van der Waals surface area contributed by atoms with Gasteiger partial charge < -0.3 is 4.98 Å². The first-order valence-corrected chi connectivity index (χ1v) is 7.51. The molecule has 0 atom stereocenters. The molecule has 0 aliphatic carbocycles. The summed E-state index contributed by atoms with van der Waals surface area (Å²) in [5, 5.41) is 1.20. The molecule has 1 heterocycles. The Hall–Kier alpha value is -1.25. The number of benzene rings is 1. The number of rotatable bonds is 5. The van der Waals surface area contributed by atoms with Crippen LogP contribution in [-0.2, 0) is 12.8 Å². The summed E-state index contributed by atoms with van der Waals surface area (Å²) in [7, 11) is 0. The molecule has 1 aromatic heterocycles. The Morgan fingerprint density at radius 2 is 1.80 bits per heavy atom. The van der Waals surface area contributed by atoms with Crippen LogP contribution >= 0.6 is 23.2 Å². The van der Waals surface area contributed by atoms with Crippen molar-refractivity contribution in [2.24, 2.45) is 0 Å². The first kappa shape index (κ1) is 15.1. The number of aromatic nitrogens is 1. The van der Waals surface area contributed by atoms with E-state index < -0.39 is 0 Å². The number of hydrogen-bond donors (Lipinski definition) is 1. The Morgan fingerprint density at radius 3 is 2.45 bits per heavy atom. The Labute approximate surface area is 128 Å². The largest absolute Gasteiger partial charge is 0.365 e. The summed E-state index contributed by atoms with van der Waals surface area (Å²) in [6, 6.07) is 6.95. The second-order valence-corrected chi connectivity index (χ2v) is 5.59. The van der Waals surface area contributed by atoms with Crippen LogP contribution in [0.25, 0.3) is 0 Å². The standard InChI is InChI=1S/C16H17Cl2NO/c1-2-3-7-15-12(16(20)8-9-19-15)10-11-13(17)5-4-6-14(11)18/h4-6,8-9H,2-3,7,10H2,1H3,(H,19,20). The molecule has 0 aliphatic rings. The lowest BCUT2D eigenvalue weighted by atomic mass is 10.0. The zero-order valence-electron chi connectivity index (χ0n) is 11.4. The molecule has 0 unspecified atom stereocenters. The highest BCUT2D eigenvalue weighted by Crippen LogP contribution is 2.26. The van der Waals surface area contributed by atoms with Gasteiger partial charge in [0.05, 0.1) is 0 Å². The summed E-state index contributed by atoms with van der Waals surface area (Å²) in [5.74, 6) is 0. The molecule has 1 aromatic carbocycles. The number of aryl methyl sites for hydroxylation is 1. The minimum atomic E-state index is 0.0332. The van der Waals surface area contributed by atoms with Crippen molar-refractivity contribution in [1.29, 1.82) is 0 Å². The maximum absolute atomic E-state index is 12.1. The molecule has 1 N–H and O–H groups in total. The van der Waals surface area contributed by atoms with Crippen molar-refractivity contribution in [3.63, 3.8) is 0 Å². The molecule has 0 fully saturated rings. The number of nitrogens with one attached hydrogen (secondary N) is 1. The molecule has 0 amide bonds. The van der Waals surface area contributed by atoms with Gasteiger partial charge in [-0.25, -0.2) is 0 Å². The number of H-pyrrole nitrogens is 1. The van der Waals surface area contributed by atoms with E-state index in [9.17, 15) is 4.79 Å². The van der Waals surface area contributed by atoms with E-state index in [-0.39, 0.29) is 5.43 Å². The first-order valence-electron chi connectivity index (χ1n) is 6.75. The molecule has 0 spiro atoms. The van der Waals surface area contributed by atoms with Crippen molar-refractivity contribution >= 4 is 23.2 Å². The highest BCUT2D eigenvalue weighted by Gasteiger charge is 2.12. The molecule has 0 bridgehead atoms. The lowest BCUT2D eigenvalue weighted by Gasteiger charge is -2.11. The van der Waals surface area contributed by atoms with E-state index in [0.29, 0.717) is 16.5 Å². The van der Waals surface area contributed by atoms with Crippen molar-refractivity contribution < 1.29 is 0 Å². The molecule has 2 rings (SSSR count). The van der Waals surface area contributed by atoms with Gasteiger partial charge in [-0.1, -0.05) is 42.6 Å². The van der Waals surface area contributed by atoms with Crippen molar-refractivity contribution in [3.05, 3.63) is 67.6 Å². The SMILES string of the molecule is CCCCc1[nH]ccc(=O)c1Cc1c(Cl)cccc1Cl. The summed E-state index contributed by atoms with van der Waals surface area (Å²) >= 11 is 12.4. The van der Waals surface area contributed by atoms with Crippen LogP contribution in [0.3, 0.4) is 0 Å². The highest BCUT2D eigenvalue weighted by atomic mass is 35.5. The van der Waals surface area contributed by atoms with E-state index >= 15 is 0 Å². The molecule has 0 aliphatic heterocycles. The fraction of sp³-hybridized carbons (Fsp3) is 0.312. The van der Waals surface area contributed by atoms with Crippen LogP contribution in [0.1, 0.15) is 36.6 Å². The summed E-state index contributed by atoms with van der Waals surface area (Å²) in [6.45, 7) is 2.13. The van der Waals surface area contributed by atoms with Crippen LogP contribution in [0.4, 0.5) is 0 Å². The second-order valence-electron chi connectivity index (χ2n) is 4.78. The monoisotopic (exact) mass is 309 g/mol. The topological polar surface area (TPSA) is 32.9 Å². The van der Waals surface area contributed by atoms with E-state index in [1.807, 2.05) is 0 Å².